The van der Waals surface area contributed by atoms with Crippen LogP contribution in [0, 0.1) is 10.8 Å². The minimum absolute atomic E-state index is 0.0965. The maximum absolute atomic E-state index is 5.61. The second-order valence-electron chi connectivity index (χ2n) is 2.40. The van der Waals surface area contributed by atoms with Gasteiger partial charge in [0.05, 0.1) is 6.61 Å². The van der Waals surface area contributed by atoms with Gasteiger partial charge in [-0.1, -0.05) is 5.92 Å². The highest BCUT2D eigenvalue weighted by molar-refractivity contribution is 9.12. The third kappa shape index (κ3) is 2.30. The second-order valence-corrected chi connectivity index (χ2v) is 2.79. The Morgan fingerprint density at radius 3 is 2.80 bits per heavy atom. The fraction of sp³-hybridized carbons (Fsp3) is 0.714. The molecule has 0 radical (unpaired) electrons. The zero-order valence-electron chi connectivity index (χ0n) is 5.64. The normalized spacial score (nSPS) is 32.6. The van der Waals surface area contributed by atoms with Gasteiger partial charge in [0.2, 0.25) is 0 Å². The van der Waals surface area contributed by atoms with Crippen LogP contribution >= 0.6 is 15.9 Å². The van der Waals surface area contributed by atoms with Gasteiger partial charge < -0.3 is 10.5 Å². The van der Waals surface area contributed by atoms with E-state index in [0.29, 0.717) is 6.61 Å². The van der Waals surface area contributed by atoms with E-state index in [9.17, 15) is 0 Å². The fourth-order valence-corrected chi connectivity index (χ4v) is 1.20. The molecule has 0 aromatic carbocycles. The van der Waals surface area contributed by atoms with Gasteiger partial charge in [-0.25, -0.2) is 0 Å². The van der Waals surface area contributed by atoms with Crippen LogP contribution in [0.15, 0.2) is 0 Å². The Morgan fingerprint density at radius 1 is 1.50 bits per heavy atom. The van der Waals surface area contributed by atoms with E-state index < -0.39 is 0 Å². The summed E-state index contributed by atoms with van der Waals surface area (Å²) >= 11 is 3.03. The molecule has 2 atom stereocenters. The average Bonchev–Trinajstić information content (AvgIpc) is 1.95. The minimum atomic E-state index is 0.0965. The summed E-state index contributed by atoms with van der Waals surface area (Å²) in [5.74, 6) is 2.89. The number of hydrogen-bond donors (Lipinski definition) is 1. The van der Waals surface area contributed by atoms with Gasteiger partial charge in [-0.2, -0.15) is 0 Å². The molecule has 1 fully saturated rings. The Balaban J connectivity index is 2.30. The summed E-state index contributed by atoms with van der Waals surface area (Å²) in [6, 6.07) is 0.216. The Labute approximate surface area is 69.2 Å². The van der Waals surface area contributed by atoms with Crippen LogP contribution in [0.3, 0.4) is 0 Å². The van der Waals surface area contributed by atoms with Crippen molar-refractivity contribution in [3.63, 3.8) is 0 Å². The molecular weight excluding hydrogens is 194 g/mol. The Bertz CT molecular complexity index is 153. The van der Waals surface area contributed by atoms with Crippen LogP contribution in [0.2, 0.25) is 0 Å². The number of ether oxygens (including phenoxy) is 1. The molecule has 1 heterocycles. The van der Waals surface area contributed by atoms with Crippen molar-refractivity contribution in [1.29, 1.82) is 0 Å². The summed E-state index contributed by atoms with van der Waals surface area (Å²) in [5.41, 5.74) is 5.61. The molecule has 0 amide bonds. The van der Waals surface area contributed by atoms with Crippen molar-refractivity contribution in [3.8, 4) is 10.8 Å². The Kier molecular flexibility index (Phi) is 3.20. The summed E-state index contributed by atoms with van der Waals surface area (Å²) in [4.78, 5) is 2.65. The van der Waals surface area contributed by atoms with Gasteiger partial charge in [-0.05, 0) is 17.7 Å². The minimum Gasteiger partial charge on any atom is -0.364 e. The van der Waals surface area contributed by atoms with Crippen molar-refractivity contribution in [3.05, 3.63) is 0 Å². The average molecular weight is 204 g/mol. The fourth-order valence-electron chi connectivity index (χ4n) is 0.947. The molecule has 0 bridgehead atoms. The lowest BCUT2D eigenvalue weighted by atomic mass is 10.1. The number of rotatable bonds is 0. The van der Waals surface area contributed by atoms with E-state index >= 15 is 0 Å². The largest absolute Gasteiger partial charge is 0.364 e. The molecular formula is C7H10BrNO. The first-order valence-electron chi connectivity index (χ1n) is 3.31. The molecule has 2 N–H and O–H groups in total. The number of halogens is 1. The van der Waals surface area contributed by atoms with Gasteiger partial charge in [0.25, 0.3) is 0 Å². The summed E-state index contributed by atoms with van der Waals surface area (Å²) in [5, 5.41) is 0. The molecule has 0 saturated carbocycles. The molecule has 0 spiro atoms. The summed E-state index contributed by atoms with van der Waals surface area (Å²) in [6.45, 7) is 0.645. The van der Waals surface area contributed by atoms with Crippen LogP contribution in [0.1, 0.15) is 12.8 Å². The van der Waals surface area contributed by atoms with Crippen LogP contribution in [-0.4, -0.2) is 18.8 Å². The third-order valence-electron chi connectivity index (χ3n) is 1.53. The monoisotopic (exact) mass is 203 g/mol. The number of nitrogens with two attached hydrogens (primary N) is 1. The highest BCUT2D eigenvalue weighted by Crippen LogP contribution is 2.10. The Hall–Kier alpha value is -0.0400. The van der Waals surface area contributed by atoms with Gasteiger partial charge in [0, 0.05) is 22.0 Å². The maximum atomic E-state index is 5.61. The van der Waals surface area contributed by atoms with E-state index in [-0.39, 0.29) is 12.1 Å². The van der Waals surface area contributed by atoms with E-state index in [1.165, 1.54) is 0 Å². The van der Waals surface area contributed by atoms with Crippen molar-refractivity contribution in [2.75, 3.05) is 6.61 Å². The standard InChI is InChI=1S/C7H10BrNO/c8-4-3-7-2-1-6(9)5-10-7/h6-7H,1-2,5,9H2/t6-,7+/m1/s1. The first kappa shape index (κ1) is 8.06. The highest BCUT2D eigenvalue weighted by Gasteiger charge is 2.16. The lowest BCUT2D eigenvalue weighted by molar-refractivity contribution is 0.0402. The summed E-state index contributed by atoms with van der Waals surface area (Å²) in [6.07, 6.45) is 2.07. The van der Waals surface area contributed by atoms with Crippen LogP contribution < -0.4 is 5.73 Å². The molecule has 0 unspecified atom stereocenters. The second kappa shape index (κ2) is 3.97. The van der Waals surface area contributed by atoms with E-state index in [2.05, 4.69) is 26.7 Å². The predicted molar refractivity (Wildman–Crippen MR) is 43.7 cm³/mol. The molecule has 0 aromatic heterocycles. The van der Waals surface area contributed by atoms with Gasteiger partial charge in [-0.3, -0.25) is 0 Å². The van der Waals surface area contributed by atoms with E-state index in [0.717, 1.165) is 12.8 Å². The van der Waals surface area contributed by atoms with Crippen molar-refractivity contribution in [1.82, 2.24) is 0 Å². The first-order chi connectivity index (χ1) is 4.83. The number of hydrogen-bond acceptors (Lipinski definition) is 2. The van der Waals surface area contributed by atoms with E-state index in [4.69, 9.17) is 10.5 Å². The Morgan fingerprint density at radius 2 is 2.30 bits per heavy atom. The van der Waals surface area contributed by atoms with Gasteiger partial charge in [0.1, 0.15) is 6.10 Å². The molecule has 2 nitrogen and oxygen atoms in total. The van der Waals surface area contributed by atoms with E-state index in [1.807, 2.05) is 0 Å². The zero-order valence-corrected chi connectivity index (χ0v) is 7.23. The van der Waals surface area contributed by atoms with Crippen molar-refractivity contribution >= 4 is 15.9 Å². The van der Waals surface area contributed by atoms with Crippen molar-refractivity contribution in [2.24, 2.45) is 5.73 Å². The SMILES string of the molecule is N[C@@H]1CC[C@@H](C#CBr)OC1. The van der Waals surface area contributed by atoms with Crippen molar-refractivity contribution < 1.29 is 4.74 Å². The summed E-state index contributed by atoms with van der Waals surface area (Å²) < 4.78 is 5.30. The molecule has 1 saturated heterocycles. The van der Waals surface area contributed by atoms with Crippen LogP contribution in [0.5, 0.6) is 0 Å². The van der Waals surface area contributed by atoms with Crippen LogP contribution in [0.25, 0.3) is 0 Å². The van der Waals surface area contributed by atoms with E-state index in [1.54, 1.807) is 0 Å². The molecule has 0 aliphatic carbocycles. The smallest absolute Gasteiger partial charge is 0.119 e. The molecule has 1 rings (SSSR count). The predicted octanol–water partition coefficient (Wildman–Crippen LogP) is 0.849. The van der Waals surface area contributed by atoms with Crippen molar-refractivity contribution in [2.45, 2.75) is 25.0 Å². The van der Waals surface area contributed by atoms with Gasteiger partial charge in [-0.15, -0.1) is 0 Å². The highest BCUT2D eigenvalue weighted by atomic mass is 79.9. The third-order valence-corrected chi connectivity index (χ3v) is 1.76. The molecule has 3 heteroatoms. The van der Waals surface area contributed by atoms with Gasteiger partial charge >= 0.3 is 0 Å². The lowest BCUT2D eigenvalue weighted by Crippen LogP contribution is -2.34. The molecule has 10 heavy (non-hydrogen) atoms. The topological polar surface area (TPSA) is 35.2 Å². The summed E-state index contributed by atoms with van der Waals surface area (Å²) in [7, 11) is 0. The maximum Gasteiger partial charge on any atom is 0.119 e. The molecule has 1 aliphatic heterocycles. The first-order valence-corrected chi connectivity index (χ1v) is 4.10. The van der Waals surface area contributed by atoms with Gasteiger partial charge in [0.15, 0.2) is 0 Å². The van der Waals surface area contributed by atoms with Crippen LogP contribution in [0.4, 0.5) is 0 Å². The quantitative estimate of drug-likeness (QED) is 0.593. The van der Waals surface area contributed by atoms with Crippen LogP contribution in [-0.2, 0) is 4.74 Å². The molecule has 1 aliphatic rings. The lowest BCUT2D eigenvalue weighted by Gasteiger charge is -2.22. The molecule has 56 valence electrons. The molecule has 0 aromatic rings. The zero-order chi connectivity index (χ0) is 7.40.